The molecule has 1 aliphatic carbocycles. The number of likely N-dealkylation sites (N-methyl/N-ethyl adjacent to an activating group) is 1. The molecular formula is C11H16N6O. The molecule has 0 N–H and O–H groups in total. The molecule has 1 saturated carbocycles. The van der Waals surface area contributed by atoms with E-state index in [1.165, 1.54) is 12.8 Å². The van der Waals surface area contributed by atoms with Crippen LogP contribution in [0.25, 0.3) is 0 Å². The van der Waals surface area contributed by atoms with E-state index >= 15 is 0 Å². The van der Waals surface area contributed by atoms with Crippen LogP contribution in [0, 0.1) is 0 Å². The van der Waals surface area contributed by atoms with Gasteiger partial charge in [0.2, 0.25) is 5.89 Å². The van der Waals surface area contributed by atoms with Gasteiger partial charge in [-0.3, -0.25) is 4.90 Å². The molecule has 0 atom stereocenters. The summed E-state index contributed by atoms with van der Waals surface area (Å²) in [5.41, 5.74) is 0. The maximum Gasteiger partial charge on any atom is 0.229 e. The molecule has 0 aliphatic heterocycles. The van der Waals surface area contributed by atoms with E-state index in [9.17, 15) is 0 Å². The van der Waals surface area contributed by atoms with Gasteiger partial charge in [-0.2, -0.15) is 4.98 Å². The summed E-state index contributed by atoms with van der Waals surface area (Å²) in [6.07, 6.45) is 5.80. The molecule has 0 bridgehead atoms. The fourth-order valence-electron chi connectivity index (χ4n) is 1.77. The Kier molecular flexibility index (Phi) is 3.06. The fraction of sp³-hybridized carbons (Fsp3) is 0.636. The first-order valence-corrected chi connectivity index (χ1v) is 6.14. The Morgan fingerprint density at radius 1 is 1.39 bits per heavy atom. The largest absolute Gasteiger partial charge is 0.339 e. The van der Waals surface area contributed by atoms with Crippen LogP contribution in [0.15, 0.2) is 17.2 Å². The van der Waals surface area contributed by atoms with E-state index in [1.807, 2.05) is 11.6 Å². The molecule has 7 nitrogen and oxygen atoms in total. The maximum absolute atomic E-state index is 5.23. The SMILES string of the molecule is CN(CCn1cnnc1)Cc1noc(C2CC2)n1. The molecule has 2 heterocycles. The quantitative estimate of drug-likeness (QED) is 0.748. The van der Waals surface area contributed by atoms with Crippen LogP contribution >= 0.6 is 0 Å². The third kappa shape index (κ3) is 2.73. The lowest BCUT2D eigenvalue weighted by molar-refractivity contribution is 0.294. The van der Waals surface area contributed by atoms with Gasteiger partial charge in [-0.15, -0.1) is 10.2 Å². The third-order valence-corrected chi connectivity index (χ3v) is 3.03. The van der Waals surface area contributed by atoms with E-state index in [-0.39, 0.29) is 0 Å². The lowest BCUT2D eigenvalue weighted by atomic mass is 10.4. The third-order valence-electron chi connectivity index (χ3n) is 3.03. The number of nitrogens with zero attached hydrogens (tertiary/aromatic N) is 6. The molecule has 2 aromatic heterocycles. The molecule has 0 radical (unpaired) electrons. The van der Waals surface area contributed by atoms with E-state index in [2.05, 4.69) is 25.2 Å². The van der Waals surface area contributed by atoms with Crippen LogP contribution in [0.3, 0.4) is 0 Å². The van der Waals surface area contributed by atoms with Gasteiger partial charge < -0.3 is 9.09 Å². The lowest BCUT2D eigenvalue weighted by Crippen LogP contribution is -2.23. The van der Waals surface area contributed by atoms with Crippen molar-refractivity contribution in [2.75, 3.05) is 13.6 Å². The second-order valence-electron chi connectivity index (χ2n) is 4.76. The predicted octanol–water partition coefficient (Wildman–Crippen LogP) is 0.670. The first-order chi connectivity index (χ1) is 8.81. The minimum atomic E-state index is 0.522. The topological polar surface area (TPSA) is 72.9 Å². The second-order valence-corrected chi connectivity index (χ2v) is 4.76. The molecule has 3 rings (SSSR count). The van der Waals surface area contributed by atoms with Crippen LogP contribution in [-0.4, -0.2) is 43.4 Å². The van der Waals surface area contributed by atoms with E-state index in [0.29, 0.717) is 12.5 Å². The predicted molar refractivity (Wildman–Crippen MR) is 62.6 cm³/mol. The van der Waals surface area contributed by atoms with Gasteiger partial charge >= 0.3 is 0 Å². The van der Waals surface area contributed by atoms with Crippen molar-refractivity contribution in [2.45, 2.75) is 31.8 Å². The van der Waals surface area contributed by atoms with Crippen LogP contribution in [0.5, 0.6) is 0 Å². The summed E-state index contributed by atoms with van der Waals surface area (Å²) < 4.78 is 7.17. The Balaban J connectivity index is 1.48. The summed E-state index contributed by atoms with van der Waals surface area (Å²) in [6, 6.07) is 0. The van der Waals surface area contributed by atoms with Crippen molar-refractivity contribution in [2.24, 2.45) is 0 Å². The van der Waals surface area contributed by atoms with Crippen LogP contribution in [0.4, 0.5) is 0 Å². The van der Waals surface area contributed by atoms with Gasteiger partial charge in [0.25, 0.3) is 0 Å². The summed E-state index contributed by atoms with van der Waals surface area (Å²) in [6.45, 7) is 2.46. The van der Waals surface area contributed by atoms with Crippen molar-refractivity contribution in [3.63, 3.8) is 0 Å². The van der Waals surface area contributed by atoms with Crippen molar-refractivity contribution < 1.29 is 4.52 Å². The van der Waals surface area contributed by atoms with Gasteiger partial charge in [-0.1, -0.05) is 5.16 Å². The minimum absolute atomic E-state index is 0.522. The molecule has 1 aliphatic rings. The molecule has 0 unspecified atom stereocenters. The highest BCUT2D eigenvalue weighted by molar-refractivity contribution is 5.01. The monoisotopic (exact) mass is 248 g/mol. The lowest BCUT2D eigenvalue weighted by Gasteiger charge is -2.13. The second kappa shape index (κ2) is 4.85. The van der Waals surface area contributed by atoms with Gasteiger partial charge in [-0.25, -0.2) is 0 Å². The normalized spacial score (nSPS) is 15.4. The molecule has 2 aromatic rings. The van der Waals surface area contributed by atoms with Crippen LogP contribution in [0.2, 0.25) is 0 Å². The number of rotatable bonds is 6. The Morgan fingerprint density at radius 2 is 2.17 bits per heavy atom. The number of aromatic nitrogens is 5. The Bertz CT molecular complexity index is 489. The molecule has 0 amide bonds. The van der Waals surface area contributed by atoms with Gasteiger partial charge in [-0.05, 0) is 19.9 Å². The fourth-order valence-corrected chi connectivity index (χ4v) is 1.77. The van der Waals surface area contributed by atoms with Crippen LogP contribution < -0.4 is 0 Å². The average molecular weight is 248 g/mol. The molecule has 0 saturated heterocycles. The summed E-state index contributed by atoms with van der Waals surface area (Å²) >= 11 is 0. The van der Waals surface area contributed by atoms with Crippen LogP contribution in [0.1, 0.15) is 30.5 Å². The standard InChI is InChI=1S/C11H16N6O/c1-16(4-5-17-7-12-13-8-17)6-10-14-11(18-15-10)9-2-3-9/h7-9H,2-6H2,1H3. The van der Waals surface area contributed by atoms with Crippen molar-refractivity contribution in [1.29, 1.82) is 0 Å². The number of hydrogen-bond acceptors (Lipinski definition) is 6. The van der Waals surface area contributed by atoms with E-state index in [0.717, 1.165) is 24.8 Å². The van der Waals surface area contributed by atoms with E-state index < -0.39 is 0 Å². The smallest absolute Gasteiger partial charge is 0.229 e. The molecule has 0 spiro atoms. The Morgan fingerprint density at radius 3 is 2.89 bits per heavy atom. The maximum atomic E-state index is 5.23. The van der Waals surface area contributed by atoms with Crippen molar-refractivity contribution >= 4 is 0 Å². The molecule has 1 fully saturated rings. The highest BCUT2D eigenvalue weighted by atomic mass is 16.5. The van der Waals surface area contributed by atoms with Crippen molar-refractivity contribution in [1.82, 2.24) is 29.8 Å². The average Bonchev–Trinajstić information content (AvgIpc) is 2.90. The molecule has 96 valence electrons. The molecule has 0 aromatic carbocycles. The van der Waals surface area contributed by atoms with Gasteiger partial charge in [0.05, 0.1) is 6.54 Å². The highest BCUT2D eigenvalue weighted by Crippen LogP contribution is 2.38. The first kappa shape index (κ1) is 11.3. The van der Waals surface area contributed by atoms with Crippen LogP contribution in [-0.2, 0) is 13.1 Å². The van der Waals surface area contributed by atoms with E-state index in [1.54, 1.807) is 12.7 Å². The summed E-state index contributed by atoms with van der Waals surface area (Å²) in [7, 11) is 2.04. The highest BCUT2D eigenvalue weighted by Gasteiger charge is 2.29. The van der Waals surface area contributed by atoms with Gasteiger partial charge in [0.1, 0.15) is 12.7 Å². The van der Waals surface area contributed by atoms with Gasteiger partial charge in [0, 0.05) is 19.0 Å². The summed E-state index contributed by atoms with van der Waals surface area (Å²) in [5, 5.41) is 11.5. The zero-order valence-electron chi connectivity index (χ0n) is 10.4. The summed E-state index contributed by atoms with van der Waals surface area (Å²) in [4.78, 5) is 6.56. The molecular weight excluding hydrogens is 232 g/mol. The minimum Gasteiger partial charge on any atom is -0.339 e. The number of hydrogen-bond donors (Lipinski definition) is 0. The Hall–Kier alpha value is -1.76. The van der Waals surface area contributed by atoms with Crippen molar-refractivity contribution in [3.8, 4) is 0 Å². The van der Waals surface area contributed by atoms with E-state index in [4.69, 9.17) is 4.52 Å². The zero-order chi connectivity index (χ0) is 12.4. The summed E-state index contributed by atoms with van der Waals surface area (Å²) in [5.74, 6) is 2.09. The first-order valence-electron chi connectivity index (χ1n) is 6.14. The zero-order valence-corrected chi connectivity index (χ0v) is 10.4. The van der Waals surface area contributed by atoms with Crippen molar-refractivity contribution in [3.05, 3.63) is 24.4 Å². The molecule has 7 heteroatoms. The van der Waals surface area contributed by atoms with Gasteiger partial charge in [0.15, 0.2) is 5.82 Å². The molecule has 18 heavy (non-hydrogen) atoms. The Labute approximate surface area is 105 Å².